The van der Waals surface area contributed by atoms with Crippen molar-refractivity contribution < 1.29 is 4.42 Å². The summed E-state index contributed by atoms with van der Waals surface area (Å²) < 4.78 is 5.15. The molecule has 21 heavy (non-hydrogen) atoms. The van der Waals surface area contributed by atoms with Gasteiger partial charge in [-0.1, -0.05) is 38.1 Å². The van der Waals surface area contributed by atoms with Gasteiger partial charge in [0.1, 0.15) is 6.07 Å². The summed E-state index contributed by atoms with van der Waals surface area (Å²) in [5.74, 6) is 0.983. The van der Waals surface area contributed by atoms with Crippen LogP contribution in [0, 0.1) is 17.2 Å². The van der Waals surface area contributed by atoms with Crippen molar-refractivity contribution in [2.24, 2.45) is 11.0 Å². The van der Waals surface area contributed by atoms with Gasteiger partial charge in [0.2, 0.25) is 5.69 Å². The summed E-state index contributed by atoms with van der Waals surface area (Å²) in [6.45, 7) is 4.41. The molecule has 0 radical (unpaired) electrons. The van der Waals surface area contributed by atoms with E-state index in [1.807, 2.05) is 18.2 Å². The average Bonchev–Trinajstić information content (AvgIpc) is 2.94. The number of nitrogens with zero attached hydrogens (tertiary/aromatic N) is 4. The molecular formula is C16H18N4O. The molecule has 0 atom stereocenters. The summed E-state index contributed by atoms with van der Waals surface area (Å²) in [7, 11) is 1.71. The van der Waals surface area contributed by atoms with Crippen molar-refractivity contribution >= 4 is 12.1 Å². The lowest BCUT2D eigenvalue weighted by molar-refractivity contribution is 0.551. The van der Waals surface area contributed by atoms with Crippen LogP contribution in [0.1, 0.15) is 30.7 Å². The quantitative estimate of drug-likeness (QED) is 0.624. The smallest absolute Gasteiger partial charge is 0.254 e. The van der Waals surface area contributed by atoms with Crippen LogP contribution in [0.4, 0.5) is 5.88 Å². The Morgan fingerprint density at radius 1 is 1.38 bits per heavy atom. The van der Waals surface area contributed by atoms with Gasteiger partial charge in [0.15, 0.2) is 6.39 Å². The van der Waals surface area contributed by atoms with E-state index in [2.05, 4.69) is 36.1 Å². The van der Waals surface area contributed by atoms with Crippen molar-refractivity contribution in [3.05, 3.63) is 47.5 Å². The Morgan fingerprint density at radius 3 is 2.71 bits per heavy atom. The largest absolute Gasteiger partial charge is 0.425 e. The second kappa shape index (κ2) is 6.71. The molecule has 5 heteroatoms. The molecule has 0 spiro atoms. The Labute approximate surface area is 124 Å². The summed E-state index contributed by atoms with van der Waals surface area (Å²) in [5, 5.41) is 14.6. The lowest BCUT2D eigenvalue weighted by Crippen LogP contribution is -2.09. The van der Waals surface area contributed by atoms with E-state index in [4.69, 9.17) is 9.68 Å². The summed E-state index contributed by atoms with van der Waals surface area (Å²) in [5.41, 5.74) is 2.53. The molecule has 5 nitrogen and oxygen atoms in total. The molecule has 0 aliphatic rings. The molecule has 0 bridgehead atoms. The lowest BCUT2D eigenvalue weighted by atomic mass is 10.0. The third kappa shape index (κ3) is 3.93. The molecule has 1 aromatic carbocycles. The minimum absolute atomic E-state index is 0.224. The van der Waals surface area contributed by atoms with Crippen LogP contribution in [0.25, 0.3) is 0 Å². The second-order valence-corrected chi connectivity index (χ2v) is 5.23. The van der Waals surface area contributed by atoms with Crippen molar-refractivity contribution in [1.82, 2.24) is 4.98 Å². The molecule has 108 valence electrons. The Bertz CT molecular complexity index is 650. The highest BCUT2D eigenvalue weighted by Gasteiger charge is 2.11. The van der Waals surface area contributed by atoms with Gasteiger partial charge in [0.05, 0.1) is 6.21 Å². The van der Waals surface area contributed by atoms with Gasteiger partial charge >= 0.3 is 0 Å². The topological polar surface area (TPSA) is 65.4 Å². The molecule has 0 aliphatic carbocycles. The van der Waals surface area contributed by atoms with Crippen LogP contribution in [0.2, 0.25) is 0 Å². The first-order chi connectivity index (χ1) is 10.1. The maximum absolute atomic E-state index is 8.89. The average molecular weight is 282 g/mol. The minimum Gasteiger partial charge on any atom is -0.425 e. The van der Waals surface area contributed by atoms with E-state index < -0.39 is 0 Å². The zero-order valence-electron chi connectivity index (χ0n) is 12.4. The zero-order valence-corrected chi connectivity index (χ0v) is 12.4. The molecule has 0 aliphatic heterocycles. The Morgan fingerprint density at radius 2 is 2.10 bits per heavy atom. The third-order valence-electron chi connectivity index (χ3n) is 2.95. The van der Waals surface area contributed by atoms with Crippen molar-refractivity contribution in [2.45, 2.75) is 20.3 Å². The van der Waals surface area contributed by atoms with E-state index in [1.165, 1.54) is 17.0 Å². The van der Waals surface area contributed by atoms with E-state index in [-0.39, 0.29) is 5.69 Å². The first-order valence-corrected chi connectivity index (χ1v) is 6.80. The highest BCUT2D eigenvalue weighted by molar-refractivity contribution is 5.80. The second-order valence-electron chi connectivity index (χ2n) is 5.23. The Balaban J connectivity index is 2.05. The summed E-state index contributed by atoms with van der Waals surface area (Å²) in [6, 6.07) is 10.2. The lowest BCUT2D eigenvalue weighted by Gasteiger charge is -2.08. The number of aromatic nitrogens is 1. The maximum Gasteiger partial charge on any atom is 0.254 e. The van der Waals surface area contributed by atoms with Crippen LogP contribution in [-0.2, 0) is 6.42 Å². The fraction of sp³-hybridized carbons (Fsp3) is 0.312. The number of hydrogen-bond acceptors (Lipinski definition) is 5. The van der Waals surface area contributed by atoms with Crippen LogP contribution in [0.5, 0.6) is 0 Å². The van der Waals surface area contributed by atoms with Gasteiger partial charge in [-0.25, -0.2) is 9.99 Å². The molecule has 1 heterocycles. The van der Waals surface area contributed by atoms with Gasteiger partial charge < -0.3 is 4.42 Å². The maximum atomic E-state index is 8.89. The molecule has 0 fully saturated rings. The SMILES string of the molecule is CC(C)Cc1ccc(C=NN(C)c2ocnc2C#N)cc1. The molecular weight excluding hydrogens is 264 g/mol. The number of rotatable bonds is 5. The van der Waals surface area contributed by atoms with Crippen LogP contribution in [0.15, 0.2) is 40.2 Å². The van der Waals surface area contributed by atoms with Crippen LogP contribution < -0.4 is 5.01 Å². The highest BCUT2D eigenvalue weighted by Crippen LogP contribution is 2.17. The first-order valence-electron chi connectivity index (χ1n) is 6.80. The standard InChI is InChI=1S/C16H18N4O/c1-12(2)8-13-4-6-14(7-5-13)10-19-20(3)16-15(9-17)18-11-21-16/h4-7,10-12H,8H2,1-3H3. The van der Waals surface area contributed by atoms with Gasteiger partial charge in [-0.05, 0) is 23.5 Å². The summed E-state index contributed by atoms with van der Waals surface area (Å²) in [6.07, 6.45) is 4.03. The molecule has 2 aromatic rings. The highest BCUT2D eigenvalue weighted by atomic mass is 16.4. The fourth-order valence-corrected chi connectivity index (χ4v) is 1.96. The predicted molar refractivity (Wildman–Crippen MR) is 82.2 cm³/mol. The van der Waals surface area contributed by atoms with Gasteiger partial charge in [-0.15, -0.1) is 0 Å². The van der Waals surface area contributed by atoms with E-state index in [0.29, 0.717) is 11.8 Å². The van der Waals surface area contributed by atoms with Crippen molar-refractivity contribution in [2.75, 3.05) is 12.1 Å². The number of anilines is 1. The van der Waals surface area contributed by atoms with E-state index in [0.717, 1.165) is 12.0 Å². The molecule has 0 N–H and O–H groups in total. The molecule has 0 saturated heterocycles. The van der Waals surface area contributed by atoms with Gasteiger partial charge in [0.25, 0.3) is 5.88 Å². The van der Waals surface area contributed by atoms with Crippen molar-refractivity contribution in [3.63, 3.8) is 0 Å². The molecule has 0 amide bonds. The monoisotopic (exact) mass is 282 g/mol. The minimum atomic E-state index is 0.224. The fourth-order valence-electron chi connectivity index (χ4n) is 1.96. The van der Waals surface area contributed by atoms with Gasteiger partial charge in [0, 0.05) is 7.05 Å². The normalized spacial score (nSPS) is 11.0. The number of oxazole rings is 1. The van der Waals surface area contributed by atoms with Crippen molar-refractivity contribution in [1.29, 1.82) is 5.26 Å². The first kappa shape index (κ1) is 14.8. The Hall–Kier alpha value is -2.61. The van der Waals surface area contributed by atoms with Gasteiger partial charge in [-0.3, -0.25) is 0 Å². The van der Waals surface area contributed by atoms with E-state index >= 15 is 0 Å². The van der Waals surface area contributed by atoms with Crippen LogP contribution >= 0.6 is 0 Å². The zero-order chi connectivity index (χ0) is 15.2. The molecule has 1 aromatic heterocycles. The number of benzene rings is 1. The van der Waals surface area contributed by atoms with E-state index in [1.54, 1.807) is 13.3 Å². The summed E-state index contributed by atoms with van der Waals surface area (Å²) >= 11 is 0. The molecule has 0 saturated carbocycles. The third-order valence-corrected chi connectivity index (χ3v) is 2.95. The molecule has 2 rings (SSSR count). The summed E-state index contributed by atoms with van der Waals surface area (Å²) in [4.78, 5) is 3.81. The van der Waals surface area contributed by atoms with Crippen LogP contribution in [-0.4, -0.2) is 18.2 Å². The van der Waals surface area contributed by atoms with E-state index in [9.17, 15) is 0 Å². The van der Waals surface area contributed by atoms with Crippen molar-refractivity contribution in [3.8, 4) is 6.07 Å². The van der Waals surface area contributed by atoms with Gasteiger partial charge in [-0.2, -0.15) is 10.4 Å². The Kier molecular flexibility index (Phi) is 4.72. The predicted octanol–water partition coefficient (Wildman–Crippen LogP) is 3.22. The van der Waals surface area contributed by atoms with Crippen LogP contribution in [0.3, 0.4) is 0 Å². The number of nitriles is 1. The number of hydrogen-bond donors (Lipinski definition) is 0. The number of hydrazone groups is 1. The molecule has 0 unspecified atom stereocenters.